The fraction of sp³-hybridized carbons (Fsp3) is 0.188. The van der Waals surface area contributed by atoms with E-state index < -0.39 is 28.8 Å². The van der Waals surface area contributed by atoms with Crippen LogP contribution < -0.4 is 0 Å². The van der Waals surface area contributed by atoms with E-state index >= 15 is 0 Å². The van der Waals surface area contributed by atoms with Crippen LogP contribution in [0.25, 0.3) is 5.76 Å². The van der Waals surface area contributed by atoms with Crippen molar-refractivity contribution in [2.24, 2.45) is 0 Å². The second kappa shape index (κ2) is 4.56. The summed E-state index contributed by atoms with van der Waals surface area (Å²) in [6.07, 6.45) is 2.17. The van der Waals surface area contributed by atoms with Crippen molar-refractivity contribution < 1.29 is 29.7 Å². The molecule has 6 nitrogen and oxygen atoms in total. The number of aliphatic hydroxyl groups is 1. The largest absolute Gasteiger partial charge is 0.507 e. The van der Waals surface area contributed by atoms with E-state index in [4.69, 9.17) is 5.11 Å². The molecule has 2 aliphatic carbocycles. The molecule has 0 aromatic heterocycles. The van der Waals surface area contributed by atoms with Crippen molar-refractivity contribution >= 4 is 23.3 Å². The molecule has 2 aliphatic rings. The van der Waals surface area contributed by atoms with Crippen molar-refractivity contribution in [2.75, 3.05) is 0 Å². The van der Waals surface area contributed by atoms with E-state index in [1.807, 2.05) is 0 Å². The highest BCUT2D eigenvalue weighted by Crippen LogP contribution is 2.41. The van der Waals surface area contributed by atoms with Crippen LogP contribution in [0, 0.1) is 6.92 Å². The number of carboxylic acid groups (broad SMARTS) is 1. The normalized spacial score (nSPS) is 17.0. The van der Waals surface area contributed by atoms with Crippen LogP contribution in [0.1, 0.15) is 44.7 Å². The molecule has 0 bridgehead atoms. The Labute approximate surface area is 125 Å². The fourth-order valence-electron chi connectivity index (χ4n) is 3.02. The number of Topliss-reactive ketones (excluding diaryl/α,β-unsaturated/α-hetero) is 2. The number of aromatic hydroxyl groups is 1. The van der Waals surface area contributed by atoms with Gasteiger partial charge in [-0.2, -0.15) is 0 Å². The number of carbonyl (C=O) groups excluding carboxylic acids is 2. The smallest absolute Gasteiger partial charge is 0.339 e. The molecular weight excluding hydrogens is 288 g/mol. The molecule has 1 aromatic carbocycles. The molecule has 22 heavy (non-hydrogen) atoms. The summed E-state index contributed by atoms with van der Waals surface area (Å²) in [5.74, 6) is -3.16. The number of hydrogen-bond acceptors (Lipinski definition) is 5. The van der Waals surface area contributed by atoms with Crippen molar-refractivity contribution in [3.8, 4) is 5.75 Å². The summed E-state index contributed by atoms with van der Waals surface area (Å²) < 4.78 is 0. The molecule has 3 rings (SSSR count). The third-order valence-electron chi connectivity index (χ3n) is 4.00. The monoisotopic (exact) mass is 300 g/mol. The number of aromatic carboxylic acids is 1. The zero-order valence-electron chi connectivity index (χ0n) is 11.6. The number of hydrogen-bond donors (Lipinski definition) is 3. The van der Waals surface area contributed by atoms with Crippen LogP contribution >= 0.6 is 0 Å². The first-order valence-electron chi connectivity index (χ1n) is 6.66. The number of allylic oxidation sites excluding steroid dienone is 3. The Kier molecular flexibility index (Phi) is 2.91. The molecule has 0 radical (unpaired) electrons. The molecule has 0 saturated heterocycles. The first-order valence-corrected chi connectivity index (χ1v) is 6.66. The van der Waals surface area contributed by atoms with E-state index in [1.165, 1.54) is 6.92 Å². The maximum absolute atomic E-state index is 12.5. The molecule has 0 heterocycles. The maximum atomic E-state index is 12.5. The van der Waals surface area contributed by atoms with Gasteiger partial charge in [0.25, 0.3) is 0 Å². The van der Waals surface area contributed by atoms with Gasteiger partial charge in [-0.25, -0.2) is 4.79 Å². The van der Waals surface area contributed by atoms with Crippen molar-refractivity contribution in [3.05, 3.63) is 45.5 Å². The van der Waals surface area contributed by atoms with Crippen LogP contribution in [0.15, 0.2) is 23.3 Å². The minimum atomic E-state index is -1.38. The minimum Gasteiger partial charge on any atom is -0.507 e. The van der Waals surface area contributed by atoms with Crippen LogP contribution in [0.5, 0.6) is 5.75 Å². The summed E-state index contributed by atoms with van der Waals surface area (Å²) in [4.78, 5) is 35.8. The van der Waals surface area contributed by atoms with E-state index in [-0.39, 0.29) is 40.0 Å². The van der Waals surface area contributed by atoms with Gasteiger partial charge in [0.05, 0.1) is 5.57 Å². The van der Waals surface area contributed by atoms with Gasteiger partial charge in [-0.15, -0.1) is 0 Å². The highest BCUT2D eigenvalue weighted by atomic mass is 16.4. The van der Waals surface area contributed by atoms with Crippen LogP contribution in [0.4, 0.5) is 0 Å². The summed E-state index contributed by atoms with van der Waals surface area (Å²) in [5.41, 5.74) is -0.283. The third-order valence-corrected chi connectivity index (χ3v) is 4.00. The average molecular weight is 300 g/mol. The van der Waals surface area contributed by atoms with Crippen molar-refractivity contribution in [1.29, 1.82) is 0 Å². The molecule has 0 unspecified atom stereocenters. The van der Waals surface area contributed by atoms with E-state index in [0.29, 0.717) is 6.42 Å². The lowest BCUT2D eigenvalue weighted by molar-refractivity contribution is -0.115. The van der Waals surface area contributed by atoms with Crippen molar-refractivity contribution in [1.82, 2.24) is 0 Å². The molecule has 0 atom stereocenters. The summed E-state index contributed by atoms with van der Waals surface area (Å²) in [6, 6.07) is 1.03. The molecule has 0 amide bonds. The minimum absolute atomic E-state index is 0.00204. The third kappa shape index (κ3) is 1.70. The van der Waals surface area contributed by atoms with Crippen molar-refractivity contribution in [3.63, 3.8) is 0 Å². The van der Waals surface area contributed by atoms with Gasteiger partial charge in [0.2, 0.25) is 0 Å². The maximum Gasteiger partial charge on any atom is 0.339 e. The molecule has 0 saturated carbocycles. The SMILES string of the molecule is Cc1c(C(=O)O)c(O)cc2c1C(O)=C1C(=O)CCC=C1C2=O. The lowest BCUT2D eigenvalue weighted by Crippen LogP contribution is -2.24. The topological polar surface area (TPSA) is 112 Å². The summed E-state index contributed by atoms with van der Waals surface area (Å²) >= 11 is 0. The molecule has 1 aromatic rings. The van der Waals surface area contributed by atoms with Gasteiger partial charge in [0, 0.05) is 23.1 Å². The summed E-state index contributed by atoms with van der Waals surface area (Å²) in [5, 5.41) is 29.4. The van der Waals surface area contributed by atoms with E-state index in [0.717, 1.165) is 6.07 Å². The Balaban J connectivity index is 2.43. The van der Waals surface area contributed by atoms with Gasteiger partial charge in [0.15, 0.2) is 11.6 Å². The van der Waals surface area contributed by atoms with Crippen LogP contribution in [-0.2, 0) is 4.79 Å². The second-order valence-electron chi connectivity index (χ2n) is 5.26. The quantitative estimate of drug-likeness (QED) is 0.732. The molecule has 0 spiro atoms. The van der Waals surface area contributed by atoms with Gasteiger partial charge in [0.1, 0.15) is 17.1 Å². The van der Waals surface area contributed by atoms with Gasteiger partial charge in [-0.3, -0.25) is 9.59 Å². The zero-order valence-corrected chi connectivity index (χ0v) is 11.6. The molecule has 0 aliphatic heterocycles. The van der Waals surface area contributed by atoms with Gasteiger partial charge < -0.3 is 15.3 Å². The predicted molar refractivity (Wildman–Crippen MR) is 76.0 cm³/mol. The van der Waals surface area contributed by atoms with Gasteiger partial charge >= 0.3 is 5.97 Å². The number of carboxylic acids is 1. The van der Waals surface area contributed by atoms with E-state index in [1.54, 1.807) is 6.08 Å². The molecule has 112 valence electrons. The molecule has 3 N–H and O–H groups in total. The number of carbonyl (C=O) groups is 3. The first-order chi connectivity index (χ1) is 10.3. The Hall–Kier alpha value is -2.89. The number of fused-ring (bicyclic) bond motifs is 2. The molecular formula is C16H12O6. The Bertz CT molecular complexity index is 826. The Morgan fingerprint density at radius 1 is 1.23 bits per heavy atom. The fourth-order valence-corrected chi connectivity index (χ4v) is 3.02. The second-order valence-corrected chi connectivity index (χ2v) is 5.26. The standard InChI is InChI=1S/C16H12O6/c1-6-11-8(5-10(18)12(6)16(21)22)14(19)7-3-2-4-9(17)13(7)15(11)20/h3,5,18,20H,2,4H2,1H3,(H,21,22). The number of phenols is 1. The number of ketones is 2. The van der Waals surface area contributed by atoms with Gasteiger partial charge in [-0.1, -0.05) is 6.08 Å². The van der Waals surface area contributed by atoms with E-state index in [9.17, 15) is 24.6 Å². The number of aliphatic hydroxyl groups excluding tert-OH is 1. The van der Waals surface area contributed by atoms with E-state index in [2.05, 4.69) is 0 Å². The van der Waals surface area contributed by atoms with Crippen molar-refractivity contribution in [2.45, 2.75) is 19.8 Å². The Morgan fingerprint density at radius 2 is 1.91 bits per heavy atom. The number of benzene rings is 1. The highest BCUT2D eigenvalue weighted by molar-refractivity contribution is 6.26. The lowest BCUT2D eigenvalue weighted by atomic mass is 9.77. The van der Waals surface area contributed by atoms with Crippen LogP contribution in [0.2, 0.25) is 0 Å². The lowest BCUT2D eigenvalue weighted by Gasteiger charge is -2.25. The predicted octanol–water partition coefficient (Wildman–Crippen LogP) is 2.15. The molecule has 0 fully saturated rings. The summed E-state index contributed by atoms with van der Waals surface area (Å²) in [7, 11) is 0. The average Bonchev–Trinajstić information content (AvgIpc) is 2.43. The Morgan fingerprint density at radius 3 is 2.55 bits per heavy atom. The zero-order chi connectivity index (χ0) is 16.2. The highest BCUT2D eigenvalue weighted by Gasteiger charge is 2.37. The van der Waals surface area contributed by atoms with Gasteiger partial charge in [-0.05, 0) is 25.0 Å². The summed E-state index contributed by atoms with van der Waals surface area (Å²) in [6.45, 7) is 1.38. The molecule has 6 heteroatoms. The first kappa shape index (κ1) is 14.1. The number of rotatable bonds is 1. The van der Waals surface area contributed by atoms with Crippen LogP contribution in [-0.4, -0.2) is 32.9 Å². The van der Waals surface area contributed by atoms with Crippen LogP contribution in [0.3, 0.4) is 0 Å².